The number of hydrogen-bond acceptors (Lipinski definition) is 5. The summed E-state index contributed by atoms with van der Waals surface area (Å²) in [4.78, 5) is 12.7. The number of thioether (sulfide) groups is 1. The van der Waals surface area contributed by atoms with Gasteiger partial charge in [0.15, 0.2) is 11.0 Å². The average Bonchev–Trinajstić information content (AvgIpc) is 3.34. The third-order valence-electron chi connectivity index (χ3n) is 4.49. The van der Waals surface area contributed by atoms with Crippen LogP contribution >= 0.6 is 27.7 Å². The summed E-state index contributed by atoms with van der Waals surface area (Å²) in [7, 11) is 0. The smallest absolute Gasteiger partial charge is 0.237 e. The lowest BCUT2D eigenvalue weighted by Crippen LogP contribution is -2.22. The third-order valence-corrected chi connectivity index (χ3v) is 6.03. The Balaban J connectivity index is 1.63. The van der Waals surface area contributed by atoms with Gasteiger partial charge in [-0.3, -0.25) is 9.36 Å². The molecular formula is C22H19BrN4O2S. The monoisotopic (exact) mass is 482 g/mol. The zero-order valence-corrected chi connectivity index (χ0v) is 18.8. The second kappa shape index (κ2) is 8.89. The van der Waals surface area contributed by atoms with Crippen LogP contribution in [0, 0.1) is 6.92 Å². The number of aryl methyl sites for hydroxylation is 1. The Morgan fingerprint density at radius 3 is 2.63 bits per heavy atom. The molecule has 0 fully saturated rings. The van der Waals surface area contributed by atoms with E-state index in [1.54, 1.807) is 6.26 Å². The van der Waals surface area contributed by atoms with Crippen LogP contribution in [0.15, 0.2) is 81.0 Å². The predicted octanol–water partition coefficient (Wildman–Crippen LogP) is 5.72. The van der Waals surface area contributed by atoms with Gasteiger partial charge in [-0.05, 0) is 50.2 Å². The number of para-hydroxylation sites is 1. The van der Waals surface area contributed by atoms with Crippen molar-refractivity contribution < 1.29 is 9.21 Å². The van der Waals surface area contributed by atoms with Crippen LogP contribution in [0.3, 0.4) is 0 Å². The van der Waals surface area contributed by atoms with Crippen molar-refractivity contribution in [3.05, 3.63) is 77.2 Å². The van der Waals surface area contributed by atoms with Crippen LogP contribution in [0.5, 0.6) is 0 Å². The third kappa shape index (κ3) is 4.34. The highest BCUT2D eigenvalue weighted by Crippen LogP contribution is 2.32. The first-order chi connectivity index (χ1) is 14.5. The van der Waals surface area contributed by atoms with E-state index < -0.39 is 0 Å². The standard InChI is InChI=1S/C22H19BrN4O2S/c1-14-19(11-12-29-14)20-25-26-22(27(20)18-9-4-3-5-10-18)30-15(2)21(28)24-17-8-6-7-16(23)13-17/h3-13,15H,1-2H3,(H,24,28)/t15-/m1/s1. The van der Waals surface area contributed by atoms with Gasteiger partial charge in [0.1, 0.15) is 5.76 Å². The van der Waals surface area contributed by atoms with Crippen LogP contribution in [0.4, 0.5) is 5.69 Å². The molecule has 0 saturated carbocycles. The van der Waals surface area contributed by atoms with Gasteiger partial charge < -0.3 is 9.73 Å². The van der Waals surface area contributed by atoms with Gasteiger partial charge in [0.25, 0.3) is 0 Å². The molecule has 0 aliphatic carbocycles. The van der Waals surface area contributed by atoms with E-state index in [1.165, 1.54) is 11.8 Å². The fourth-order valence-corrected chi connectivity index (χ4v) is 4.24. The number of aromatic nitrogens is 3. The predicted molar refractivity (Wildman–Crippen MR) is 122 cm³/mol. The number of furan rings is 1. The lowest BCUT2D eigenvalue weighted by atomic mass is 10.2. The summed E-state index contributed by atoms with van der Waals surface area (Å²) in [5.41, 5.74) is 2.52. The van der Waals surface area contributed by atoms with Crippen molar-refractivity contribution in [2.24, 2.45) is 0 Å². The molecule has 4 rings (SSSR count). The summed E-state index contributed by atoms with van der Waals surface area (Å²) >= 11 is 4.78. The summed E-state index contributed by atoms with van der Waals surface area (Å²) in [5, 5.41) is 12.0. The van der Waals surface area contributed by atoms with Crippen LogP contribution in [0.25, 0.3) is 17.1 Å². The maximum absolute atomic E-state index is 12.7. The van der Waals surface area contributed by atoms with Gasteiger partial charge in [-0.2, -0.15) is 0 Å². The molecule has 0 unspecified atom stereocenters. The molecule has 2 aromatic carbocycles. The minimum absolute atomic E-state index is 0.109. The number of benzene rings is 2. The maximum atomic E-state index is 12.7. The molecule has 8 heteroatoms. The minimum atomic E-state index is -0.381. The highest BCUT2D eigenvalue weighted by atomic mass is 79.9. The molecule has 2 heterocycles. The normalized spacial score (nSPS) is 12.0. The van der Waals surface area contributed by atoms with Crippen LogP contribution in [-0.2, 0) is 4.79 Å². The van der Waals surface area contributed by atoms with Crippen molar-refractivity contribution in [2.45, 2.75) is 24.3 Å². The van der Waals surface area contributed by atoms with Crippen LogP contribution < -0.4 is 5.32 Å². The van der Waals surface area contributed by atoms with Crippen LogP contribution in [0.2, 0.25) is 0 Å². The Morgan fingerprint density at radius 1 is 1.13 bits per heavy atom. The SMILES string of the molecule is Cc1occc1-c1nnc(S[C@H](C)C(=O)Nc2cccc(Br)c2)n1-c1ccccc1. The quantitative estimate of drug-likeness (QED) is 0.356. The summed E-state index contributed by atoms with van der Waals surface area (Å²) in [5.74, 6) is 1.33. The number of carbonyl (C=O) groups is 1. The Labute approximate surface area is 186 Å². The van der Waals surface area contributed by atoms with E-state index in [1.807, 2.05) is 79.1 Å². The highest BCUT2D eigenvalue weighted by Gasteiger charge is 2.23. The Hall–Kier alpha value is -2.84. The van der Waals surface area contributed by atoms with Crippen LogP contribution in [0.1, 0.15) is 12.7 Å². The molecule has 30 heavy (non-hydrogen) atoms. The second-order valence-electron chi connectivity index (χ2n) is 6.63. The number of amides is 1. The molecule has 0 spiro atoms. The Kier molecular flexibility index (Phi) is 6.06. The molecule has 0 aliphatic rings. The zero-order valence-electron chi connectivity index (χ0n) is 16.4. The fourth-order valence-electron chi connectivity index (χ4n) is 2.97. The largest absolute Gasteiger partial charge is 0.469 e. The van der Waals surface area contributed by atoms with E-state index in [0.29, 0.717) is 11.0 Å². The minimum Gasteiger partial charge on any atom is -0.469 e. The van der Waals surface area contributed by atoms with Crippen molar-refractivity contribution in [1.29, 1.82) is 0 Å². The van der Waals surface area contributed by atoms with Gasteiger partial charge in [-0.15, -0.1) is 10.2 Å². The topological polar surface area (TPSA) is 72.9 Å². The summed E-state index contributed by atoms with van der Waals surface area (Å²) in [6.07, 6.45) is 1.63. The lowest BCUT2D eigenvalue weighted by Gasteiger charge is -2.14. The average molecular weight is 483 g/mol. The molecule has 0 saturated heterocycles. The molecule has 0 bridgehead atoms. The number of halogens is 1. The van der Waals surface area contributed by atoms with Crippen molar-refractivity contribution in [3.8, 4) is 17.1 Å². The number of carbonyl (C=O) groups excluding carboxylic acids is 1. The lowest BCUT2D eigenvalue weighted by molar-refractivity contribution is -0.115. The van der Waals surface area contributed by atoms with E-state index in [0.717, 1.165) is 27.2 Å². The summed E-state index contributed by atoms with van der Waals surface area (Å²) in [6.45, 7) is 3.74. The molecule has 0 radical (unpaired) electrons. The van der Waals surface area contributed by atoms with Gasteiger partial charge in [0, 0.05) is 15.8 Å². The van der Waals surface area contributed by atoms with Crippen molar-refractivity contribution >= 4 is 39.3 Å². The van der Waals surface area contributed by atoms with Crippen molar-refractivity contribution in [1.82, 2.24) is 14.8 Å². The maximum Gasteiger partial charge on any atom is 0.237 e. The van der Waals surface area contributed by atoms with Crippen molar-refractivity contribution in [2.75, 3.05) is 5.32 Å². The van der Waals surface area contributed by atoms with Gasteiger partial charge >= 0.3 is 0 Å². The highest BCUT2D eigenvalue weighted by molar-refractivity contribution is 9.10. The van der Waals surface area contributed by atoms with E-state index in [4.69, 9.17) is 4.42 Å². The number of rotatable bonds is 6. The van der Waals surface area contributed by atoms with E-state index in [2.05, 4.69) is 31.4 Å². The molecule has 4 aromatic rings. The van der Waals surface area contributed by atoms with Crippen LogP contribution in [-0.4, -0.2) is 25.9 Å². The molecule has 152 valence electrons. The first kappa shape index (κ1) is 20.4. The first-order valence-corrected chi connectivity index (χ1v) is 11.0. The van der Waals surface area contributed by atoms with E-state index >= 15 is 0 Å². The number of anilines is 1. The molecular weight excluding hydrogens is 464 g/mol. The van der Waals surface area contributed by atoms with Gasteiger partial charge in [-0.25, -0.2) is 0 Å². The van der Waals surface area contributed by atoms with Gasteiger partial charge in [-0.1, -0.05) is 52.0 Å². The molecule has 6 nitrogen and oxygen atoms in total. The zero-order chi connectivity index (χ0) is 21.1. The molecule has 2 aromatic heterocycles. The summed E-state index contributed by atoms with van der Waals surface area (Å²) < 4.78 is 8.32. The Bertz CT molecular complexity index is 1170. The van der Waals surface area contributed by atoms with E-state index in [-0.39, 0.29) is 11.2 Å². The molecule has 1 N–H and O–H groups in total. The first-order valence-electron chi connectivity index (χ1n) is 9.31. The number of hydrogen-bond donors (Lipinski definition) is 1. The fraction of sp³-hybridized carbons (Fsp3) is 0.136. The summed E-state index contributed by atoms with van der Waals surface area (Å²) in [6, 6.07) is 19.2. The number of nitrogens with one attached hydrogen (secondary N) is 1. The molecule has 1 amide bonds. The second-order valence-corrected chi connectivity index (χ2v) is 8.85. The molecule has 0 aliphatic heterocycles. The Morgan fingerprint density at radius 2 is 1.93 bits per heavy atom. The van der Waals surface area contributed by atoms with Gasteiger partial charge in [0.2, 0.25) is 5.91 Å². The van der Waals surface area contributed by atoms with E-state index in [9.17, 15) is 4.79 Å². The number of nitrogens with zero attached hydrogens (tertiary/aromatic N) is 3. The van der Waals surface area contributed by atoms with Crippen molar-refractivity contribution in [3.63, 3.8) is 0 Å². The molecule has 1 atom stereocenters. The van der Waals surface area contributed by atoms with Gasteiger partial charge in [0.05, 0.1) is 17.1 Å².